The molecule has 4 unspecified atom stereocenters. The average molecular weight is 1740 g/mol. The van der Waals surface area contributed by atoms with Gasteiger partial charge in [-0.15, -0.1) is 0 Å². The van der Waals surface area contributed by atoms with Gasteiger partial charge in [-0.25, -0.2) is 14.4 Å². The lowest BCUT2D eigenvalue weighted by Gasteiger charge is -2.32. The zero-order valence-corrected chi connectivity index (χ0v) is 73.7. The number of carboxylic acid groups (broad SMARTS) is 3. The van der Waals surface area contributed by atoms with Crippen molar-refractivity contribution in [2.75, 3.05) is 26.2 Å². The molecule has 0 radical (unpaired) electrons. The Morgan fingerprint density at radius 3 is 1.16 bits per heavy atom. The molecule has 2 fully saturated rings. The van der Waals surface area contributed by atoms with Crippen LogP contribution in [0.15, 0.2) is 109 Å². The van der Waals surface area contributed by atoms with Gasteiger partial charge < -0.3 is 76.3 Å². The summed E-state index contributed by atoms with van der Waals surface area (Å²) in [7, 11) is 0. The first-order chi connectivity index (χ1) is 59.4. The Labute approximate surface area is 730 Å². The van der Waals surface area contributed by atoms with Gasteiger partial charge in [0.05, 0.1) is 31.2 Å². The van der Waals surface area contributed by atoms with Crippen LogP contribution in [-0.2, 0) is 114 Å². The molecular formula is C93H126N10O22. The van der Waals surface area contributed by atoms with Crippen LogP contribution in [0.25, 0.3) is 0 Å². The minimum Gasteiger partial charge on any atom is -0.481 e. The second-order valence-electron chi connectivity index (χ2n) is 34.3. The maximum Gasteiger partial charge on any atom is 0.410 e. The minimum atomic E-state index is -1.44. The molecule has 32 nitrogen and oxygen atoms in total. The van der Waals surface area contributed by atoms with Crippen LogP contribution in [-0.4, -0.2) is 216 Å². The maximum absolute atomic E-state index is 14.6. The number of rotatable bonds is 44. The monoisotopic (exact) mass is 1730 g/mol. The Hall–Kier alpha value is -11.7. The van der Waals surface area contributed by atoms with Gasteiger partial charge in [0.25, 0.3) is 11.8 Å². The Bertz CT molecular complexity index is 4440. The molecule has 680 valence electrons. The van der Waals surface area contributed by atoms with Crippen LogP contribution in [0, 0.1) is 35.5 Å². The number of Topliss-reactive ketones (excluding diaryl/α,β-unsaturated/α-hetero) is 4. The number of ether oxygens (including phenoxy) is 2. The van der Waals surface area contributed by atoms with Gasteiger partial charge in [0.15, 0.2) is 0 Å². The normalized spacial score (nSPS) is 17.8. The van der Waals surface area contributed by atoms with Crippen LogP contribution >= 0.6 is 0 Å². The molecule has 4 aromatic carbocycles. The predicted molar refractivity (Wildman–Crippen MR) is 460 cm³/mol. The molecule has 8 rings (SSSR count). The molecule has 4 aliphatic rings. The zero-order chi connectivity index (χ0) is 91.9. The first-order valence-corrected chi connectivity index (χ1v) is 43.7. The molecule has 9 N–H and O–H groups in total. The lowest BCUT2D eigenvalue weighted by molar-refractivity contribution is -0.146. The van der Waals surface area contributed by atoms with Crippen molar-refractivity contribution in [1.82, 2.24) is 51.5 Å². The van der Waals surface area contributed by atoms with Crippen molar-refractivity contribution in [1.29, 1.82) is 0 Å². The van der Waals surface area contributed by atoms with Gasteiger partial charge in [0, 0.05) is 95.8 Å². The van der Waals surface area contributed by atoms with Crippen molar-refractivity contribution in [3.63, 3.8) is 0 Å². The first kappa shape index (κ1) is 100. The second kappa shape index (κ2) is 49.1. The number of nitrogens with zero attached hydrogens (tertiary/aromatic N) is 4. The zero-order valence-electron chi connectivity index (χ0n) is 73.7. The molecule has 0 bridgehead atoms. The molecule has 4 aliphatic heterocycles. The van der Waals surface area contributed by atoms with Crippen LogP contribution in [0.1, 0.15) is 218 Å². The highest BCUT2D eigenvalue weighted by Gasteiger charge is 2.49. The summed E-state index contributed by atoms with van der Waals surface area (Å²) >= 11 is 0. The molecule has 4 heterocycles. The van der Waals surface area contributed by atoms with Crippen LogP contribution in [0.4, 0.5) is 9.59 Å². The van der Waals surface area contributed by atoms with Crippen molar-refractivity contribution in [2.24, 2.45) is 35.5 Å². The highest BCUT2D eigenvalue weighted by Crippen LogP contribution is 2.31. The number of hydrogen-bond donors (Lipinski definition) is 9. The standard InChI is InChI=1S/C47H63N5O12.C46H63N5O10/c1-6-14-36(41(56)44(59)49-37(46(61)62)23-30-15-8-7-9-16-30)48-43(58)38-25-34(64-47(63)51-22-21-31-17-10-11-18-32(31)26-51)27-52(38)45(60)40(29(4)5)50-42(57)35(28(2)3)24-33(53)19-12-13-20-39(54)55;1-7-15-37(41(55)44(58)47-30(6)31-16-9-8-10-17-31)48-43(57)38-25-35(61-46(60)50-23-22-32-18-11-12-19-33(32)26-50)27-51(38)45(59)40(29(4)5)49-42(56)36(28(2)3)24-34(52)20-13-14-21-39(53)54/h7-11,15-18,28-29,34-38,40H,6,12-14,19-27H2,1-5H3,(H,48,58)(H,49,59)(H,50,57)(H,54,55)(H,61,62);8-12,16-19,28-30,35-38,40H,7,13-15,20-27H2,1-6H3,(H,47,58)(H,48,57)(H,49,56)(H,53,54)/t34?,35-,36?,37-,38-,40-;30-,35?,36-,37?,38-,40-/m00/s1. The van der Waals surface area contributed by atoms with Gasteiger partial charge in [-0.2, -0.15) is 0 Å². The van der Waals surface area contributed by atoms with E-state index < -0.39 is 173 Å². The summed E-state index contributed by atoms with van der Waals surface area (Å²) in [6.45, 7) is 20.3. The van der Waals surface area contributed by atoms with Gasteiger partial charge in [-0.3, -0.25) is 67.1 Å². The van der Waals surface area contributed by atoms with Gasteiger partial charge in [0.1, 0.15) is 54.0 Å². The number of fused-ring (bicyclic) bond motifs is 2. The molecule has 125 heavy (non-hydrogen) atoms. The van der Waals surface area contributed by atoms with Crippen LogP contribution in [0.5, 0.6) is 0 Å². The van der Waals surface area contributed by atoms with Crippen molar-refractivity contribution in [2.45, 2.75) is 272 Å². The van der Waals surface area contributed by atoms with Gasteiger partial charge in [-0.1, -0.05) is 191 Å². The van der Waals surface area contributed by atoms with Crippen LogP contribution < -0.4 is 31.9 Å². The van der Waals surface area contributed by atoms with Crippen LogP contribution in [0.3, 0.4) is 0 Å². The summed E-state index contributed by atoms with van der Waals surface area (Å²) < 4.78 is 11.9. The number of carbonyl (C=O) groups is 17. The third-order valence-corrected chi connectivity index (χ3v) is 23.2. The molecular weight excluding hydrogens is 1610 g/mol. The van der Waals surface area contributed by atoms with Crippen molar-refractivity contribution in [3.05, 3.63) is 143 Å². The van der Waals surface area contributed by atoms with Crippen LogP contribution in [0.2, 0.25) is 0 Å². The Balaban J connectivity index is 0.000000344. The molecule has 32 heteroatoms. The number of carbonyl (C=O) groups excluding carboxylic acids is 14. The van der Waals surface area contributed by atoms with Gasteiger partial charge in [0.2, 0.25) is 47.0 Å². The summed E-state index contributed by atoms with van der Waals surface area (Å²) in [6.07, 6.45) is -0.0457. The number of nitrogens with one attached hydrogen (secondary N) is 6. The SMILES string of the molecule is CCCC(NC(=O)[C@@H]1CC(OC(=O)N2CCc3ccccc3C2)CN1C(=O)[C@@H](NC(=O)[C@@H](CC(=O)CCCCC(=O)O)C(C)C)C(C)C)C(=O)C(=O)N[C@@H](C)c1ccccc1.CCCC(NC(=O)[C@@H]1CC(OC(=O)N2CCc3ccccc3C2)CN1C(=O)[C@@H](NC(=O)[C@@H](CC(=O)CCCCC(=O)O)C(C)C)C(C)C)C(=O)C(=O)N[C@@H](Cc1ccccc1)C(=O)O. The average Bonchev–Trinajstić information content (AvgIpc) is 1.66. The third kappa shape index (κ3) is 30.3. The fourth-order valence-corrected chi connectivity index (χ4v) is 15.9. The molecule has 12 atom stereocenters. The largest absolute Gasteiger partial charge is 0.481 e. The molecule has 0 saturated carbocycles. The molecule has 4 aromatic rings. The molecule has 0 aromatic heterocycles. The number of carboxylic acids is 3. The highest BCUT2D eigenvalue weighted by molar-refractivity contribution is 6.39. The van der Waals surface area contributed by atoms with E-state index in [1.165, 1.54) is 14.7 Å². The Morgan fingerprint density at radius 1 is 0.424 bits per heavy atom. The van der Waals surface area contributed by atoms with E-state index in [0.29, 0.717) is 83.1 Å². The van der Waals surface area contributed by atoms with Crippen molar-refractivity contribution in [3.8, 4) is 0 Å². The van der Waals surface area contributed by atoms with E-state index in [-0.39, 0.29) is 107 Å². The molecule has 10 amide bonds. The number of aliphatic carboxylic acids is 3. The van der Waals surface area contributed by atoms with Crippen molar-refractivity contribution < 1.29 is 106 Å². The first-order valence-electron chi connectivity index (χ1n) is 43.7. The van der Waals surface area contributed by atoms with Gasteiger partial charge >= 0.3 is 30.1 Å². The topological polar surface area (TPSA) is 454 Å². The van der Waals surface area contributed by atoms with Gasteiger partial charge in [-0.05, 0) is 115 Å². The summed E-state index contributed by atoms with van der Waals surface area (Å²) in [4.78, 5) is 232. The number of ketones is 4. The predicted octanol–water partition coefficient (Wildman–Crippen LogP) is 8.73. The maximum atomic E-state index is 14.6. The Kier molecular flexibility index (Phi) is 39.4. The molecule has 0 aliphatic carbocycles. The fraction of sp³-hybridized carbons (Fsp3) is 0.559. The number of hydrogen-bond acceptors (Lipinski definition) is 19. The number of benzene rings is 4. The fourth-order valence-electron chi connectivity index (χ4n) is 15.9. The number of amides is 10. The summed E-state index contributed by atoms with van der Waals surface area (Å²) in [5, 5.41) is 43.7. The van der Waals surface area contributed by atoms with E-state index in [4.69, 9.17) is 19.7 Å². The highest BCUT2D eigenvalue weighted by atomic mass is 16.6. The van der Waals surface area contributed by atoms with Crippen molar-refractivity contribution >= 4 is 100 Å². The van der Waals surface area contributed by atoms with E-state index in [9.17, 15) is 86.6 Å². The Morgan fingerprint density at radius 2 is 0.792 bits per heavy atom. The molecule has 0 spiro atoms. The number of unbranched alkanes of at least 4 members (excludes halogenated alkanes) is 2. The number of likely N-dealkylation sites (tertiary alicyclic amines) is 2. The quantitative estimate of drug-likeness (QED) is 0.0147. The smallest absolute Gasteiger partial charge is 0.410 e. The second-order valence-corrected chi connectivity index (χ2v) is 34.3. The van der Waals surface area contributed by atoms with E-state index in [1.807, 2.05) is 85.8 Å². The van der Waals surface area contributed by atoms with E-state index in [1.54, 1.807) is 104 Å². The summed E-state index contributed by atoms with van der Waals surface area (Å²) in [6, 6.07) is 23.8. The van der Waals surface area contributed by atoms with E-state index >= 15 is 0 Å². The summed E-state index contributed by atoms with van der Waals surface area (Å²) in [5.41, 5.74) is 5.62. The van der Waals surface area contributed by atoms with E-state index in [2.05, 4.69) is 31.9 Å². The molecule has 2 saturated heterocycles. The summed E-state index contributed by atoms with van der Waals surface area (Å²) in [5.74, 6) is -14.7. The minimum absolute atomic E-state index is 0.00345. The lowest BCUT2D eigenvalue weighted by Crippen LogP contribution is -2.58. The van der Waals surface area contributed by atoms with E-state index in [0.717, 1.165) is 27.8 Å². The lowest BCUT2D eigenvalue weighted by atomic mass is 9.88. The third-order valence-electron chi connectivity index (χ3n) is 23.2.